The van der Waals surface area contributed by atoms with Crippen LogP contribution in [0.1, 0.15) is 56.2 Å². The lowest BCUT2D eigenvalue weighted by molar-refractivity contribution is 0.153. The van der Waals surface area contributed by atoms with Gasteiger partial charge < -0.3 is 15.7 Å². The fourth-order valence-corrected chi connectivity index (χ4v) is 5.67. The van der Waals surface area contributed by atoms with E-state index in [2.05, 4.69) is 36.6 Å². The monoisotopic (exact) mass is 479 g/mol. The van der Waals surface area contributed by atoms with Gasteiger partial charge in [-0.05, 0) is 56.8 Å². The van der Waals surface area contributed by atoms with Gasteiger partial charge in [-0.1, -0.05) is 36.7 Å². The maximum absolute atomic E-state index is 9.53. The third kappa shape index (κ3) is 5.71. The van der Waals surface area contributed by atoms with Crippen LogP contribution in [0.15, 0.2) is 30.6 Å². The fourth-order valence-electron chi connectivity index (χ4n) is 4.89. The molecule has 4 heterocycles. The Morgan fingerprint density at radius 1 is 1.06 bits per heavy atom. The number of nitrogens with one attached hydrogen (secondary N) is 2. The van der Waals surface area contributed by atoms with Crippen molar-refractivity contribution in [1.29, 1.82) is 0 Å². The molecule has 2 aliphatic rings. The SMILES string of the molecule is Cc1cc(-c2cnc(Nc3ccc(CN4CCCC4CO)cn3)s2)nc(NC2CCCCC2)n1. The van der Waals surface area contributed by atoms with Crippen molar-refractivity contribution >= 4 is 28.2 Å². The van der Waals surface area contributed by atoms with E-state index in [9.17, 15) is 5.11 Å². The van der Waals surface area contributed by atoms with E-state index in [1.807, 2.05) is 31.5 Å². The van der Waals surface area contributed by atoms with E-state index in [4.69, 9.17) is 4.98 Å². The van der Waals surface area contributed by atoms with Crippen molar-refractivity contribution in [3.63, 3.8) is 0 Å². The summed E-state index contributed by atoms with van der Waals surface area (Å²) in [6.07, 6.45) is 12.2. The molecule has 180 valence electrons. The zero-order chi connectivity index (χ0) is 23.3. The molecular formula is C25H33N7OS. The third-order valence-corrected chi connectivity index (χ3v) is 7.64. The number of aliphatic hydroxyl groups excluding tert-OH is 1. The number of likely N-dealkylation sites (tertiary alicyclic amines) is 1. The van der Waals surface area contributed by atoms with Crippen molar-refractivity contribution in [2.45, 2.75) is 70.5 Å². The van der Waals surface area contributed by atoms with E-state index in [1.54, 1.807) is 11.3 Å². The Labute approximate surface area is 204 Å². The van der Waals surface area contributed by atoms with Gasteiger partial charge in [-0.15, -0.1) is 0 Å². The summed E-state index contributed by atoms with van der Waals surface area (Å²) < 4.78 is 0. The minimum Gasteiger partial charge on any atom is -0.395 e. The van der Waals surface area contributed by atoms with Crippen LogP contribution >= 0.6 is 11.3 Å². The number of thiazole rings is 1. The Morgan fingerprint density at radius 3 is 2.74 bits per heavy atom. The van der Waals surface area contributed by atoms with Crippen LogP contribution in [-0.4, -0.2) is 55.2 Å². The van der Waals surface area contributed by atoms with Crippen LogP contribution in [0.3, 0.4) is 0 Å². The molecule has 1 saturated carbocycles. The lowest BCUT2D eigenvalue weighted by atomic mass is 9.96. The number of pyridine rings is 1. The van der Waals surface area contributed by atoms with Gasteiger partial charge in [-0.3, -0.25) is 4.90 Å². The molecular weight excluding hydrogens is 446 g/mol. The largest absolute Gasteiger partial charge is 0.395 e. The Kier molecular flexibility index (Phi) is 7.32. The second-order valence-corrected chi connectivity index (χ2v) is 10.4. The Morgan fingerprint density at radius 2 is 1.94 bits per heavy atom. The van der Waals surface area contributed by atoms with Gasteiger partial charge in [-0.25, -0.2) is 19.9 Å². The van der Waals surface area contributed by atoms with Gasteiger partial charge in [0, 0.05) is 36.7 Å². The predicted molar refractivity (Wildman–Crippen MR) is 136 cm³/mol. The molecule has 1 atom stereocenters. The molecule has 3 aromatic rings. The van der Waals surface area contributed by atoms with Crippen LogP contribution in [0.5, 0.6) is 0 Å². The van der Waals surface area contributed by atoms with Gasteiger partial charge in [0.2, 0.25) is 5.95 Å². The molecule has 1 saturated heterocycles. The zero-order valence-electron chi connectivity index (χ0n) is 19.7. The Balaban J connectivity index is 1.22. The minimum absolute atomic E-state index is 0.226. The summed E-state index contributed by atoms with van der Waals surface area (Å²) >= 11 is 1.56. The molecule has 0 aromatic carbocycles. The van der Waals surface area contributed by atoms with Crippen LogP contribution in [0.4, 0.5) is 16.9 Å². The number of hydrogen-bond donors (Lipinski definition) is 3. The molecule has 34 heavy (non-hydrogen) atoms. The summed E-state index contributed by atoms with van der Waals surface area (Å²) in [5.41, 5.74) is 2.99. The first-order valence-electron chi connectivity index (χ1n) is 12.3. The molecule has 5 rings (SSSR count). The Hall–Kier alpha value is -2.62. The van der Waals surface area contributed by atoms with Crippen LogP contribution in [0.25, 0.3) is 10.6 Å². The number of hydrogen-bond acceptors (Lipinski definition) is 9. The highest BCUT2D eigenvalue weighted by Gasteiger charge is 2.23. The van der Waals surface area contributed by atoms with Gasteiger partial charge in [0.05, 0.1) is 17.2 Å². The maximum atomic E-state index is 9.53. The van der Waals surface area contributed by atoms with E-state index in [0.29, 0.717) is 12.0 Å². The summed E-state index contributed by atoms with van der Waals surface area (Å²) in [5, 5.41) is 17.2. The quantitative estimate of drug-likeness (QED) is 0.426. The molecule has 2 fully saturated rings. The van der Waals surface area contributed by atoms with Crippen molar-refractivity contribution in [1.82, 2.24) is 24.8 Å². The van der Waals surface area contributed by atoms with Crippen LogP contribution in [0, 0.1) is 6.92 Å². The topological polar surface area (TPSA) is 99.1 Å². The van der Waals surface area contributed by atoms with Gasteiger partial charge in [0.1, 0.15) is 5.82 Å². The lowest BCUT2D eigenvalue weighted by Crippen LogP contribution is -2.31. The van der Waals surface area contributed by atoms with Crippen molar-refractivity contribution < 1.29 is 5.11 Å². The van der Waals surface area contributed by atoms with Crippen molar-refractivity contribution in [2.75, 3.05) is 23.8 Å². The molecule has 3 N–H and O–H groups in total. The molecule has 1 aliphatic heterocycles. The molecule has 0 amide bonds. The molecule has 0 spiro atoms. The van der Waals surface area contributed by atoms with E-state index in [1.165, 1.54) is 32.1 Å². The van der Waals surface area contributed by atoms with Crippen molar-refractivity contribution in [3.8, 4) is 10.6 Å². The zero-order valence-corrected chi connectivity index (χ0v) is 20.5. The Bertz CT molecular complexity index is 1080. The van der Waals surface area contributed by atoms with E-state index in [-0.39, 0.29) is 12.6 Å². The minimum atomic E-state index is 0.226. The van der Waals surface area contributed by atoms with Crippen LogP contribution in [-0.2, 0) is 6.54 Å². The first-order chi connectivity index (χ1) is 16.7. The van der Waals surface area contributed by atoms with Crippen LogP contribution < -0.4 is 10.6 Å². The summed E-state index contributed by atoms with van der Waals surface area (Å²) in [4.78, 5) is 21.8. The standard InChI is InChI=1S/C25H33N7OS/c1-17-12-21(30-24(28-17)29-19-6-3-2-4-7-19)22-14-27-25(34-22)31-23-10-9-18(13-26-23)15-32-11-5-8-20(32)16-33/h9-10,12-14,19-20,33H,2-8,11,15-16H2,1H3,(H,26,27,31)(H,28,29,30). The molecule has 8 nitrogen and oxygen atoms in total. The average molecular weight is 480 g/mol. The summed E-state index contributed by atoms with van der Waals surface area (Å²) in [5.74, 6) is 1.48. The second kappa shape index (κ2) is 10.8. The van der Waals surface area contributed by atoms with Crippen molar-refractivity contribution in [3.05, 3.63) is 41.9 Å². The molecule has 3 aromatic heterocycles. The smallest absolute Gasteiger partial charge is 0.223 e. The summed E-state index contributed by atoms with van der Waals surface area (Å²) in [7, 11) is 0. The number of nitrogens with zero attached hydrogens (tertiary/aromatic N) is 5. The van der Waals surface area contributed by atoms with Gasteiger partial charge in [0.25, 0.3) is 0 Å². The molecule has 1 aliphatic carbocycles. The molecule has 0 bridgehead atoms. The molecule has 9 heteroatoms. The van der Waals surface area contributed by atoms with Gasteiger partial charge in [0.15, 0.2) is 5.13 Å². The van der Waals surface area contributed by atoms with E-state index in [0.717, 1.165) is 58.7 Å². The molecule has 1 unspecified atom stereocenters. The number of aromatic nitrogens is 4. The number of aliphatic hydroxyl groups is 1. The fraction of sp³-hybridized carbons (Fsp3) is 0.520. The highest BCUT2D eigenvalue weighted by atomic mass is 32.1. The molecule has 0 radical (unpaired) electrons. The van der Waals surface area contributed by atoms with E-state index >= 15 is 0 Å². The highest BCUT2D eigenvalue weighted by molar-refractivity contribution is 7.18. The van der Waals surface area contributed by atoms with Gasteiger partial charge in [-0.2, -0.15) is 0 Å². The number of anilines is 3. The second-order valence-electron chi connectivity index (χ2n) is 9.35. The van der Waals surface area contributed by atoms with Gasteiger partial charge >= 0.3 is 0 Å². The predicted octanol–water partition coefficient (Wildman–Crippen LogP) is 4.75. The normalized spacial score (nSPS) is 19.4. The first kappa shape index (κ1) is 23.1. The van der Waals surface area contributed by atoms with Crippen LogP contribution in [0.2, 0.25) is 0 Å². The van der Waals surface area contributed by atoms with Crippen molar-refractivity contribution in [2.24, 2.45) is 0 Å². The number of aryl methyl sites for hydroxylation is 1. The third-order valence-electron chi connectivity index (χ3n) is 6.71. The van der Waals surface area contributed by atoms with E-state index < -0.39 is 0 Å². The maximum Gasteiger partial charge on any atom is 0.223 e. The summed E-state index contributed by atoms with van der Waals surface area (Å²) in [6.45, 7) is 4.09. The highest BCUT2D eigenvalue weighted by Crippen LogP contribution is 2.31. The summed E-state index contributed by atoms with van der Waals surface area (Å²) in [6, 6.07) is 6.83. The number of rotatable bonds is 8. The first-order valence-corrected chi connectivity index (χ1v) is 13.1. The lowest BCUT2D eigenvalue weighted by Gasteiger charge is -2.22. The average Bonchev–Trinajstić information content (AvgIpc) is 3.50.